The van der Waals surface area contributed by atoms with Crippen LogP contribution in [0.2, 0.25) is 0 Å². The fourth-order valence-electron chi connectivity index (χ4n) is 2.00. The normalized spacial score (nSPS) is 16.5. The van der Waals surface area contributed by atoms with E-state index in [0.717, 1.165) is 12.8 Å². The fraction of sp³-hybridized carbons (Fsp3) is 0.929. The average molecular weight is 243 g/mol. The maximum atomic E-state index is 10.9. The summed E-state index contributed by atoms with van der Waals surface area (Å²) >= 11 is 0. The van der Waals surface area contributed by atoms with Crippen molar-refractivity contribution in [1.29, 1.82) is 0 Å². The van der Waals surface area contributed by atoms with E-state index in [4.69, 9.17) is 5.11 Å². The van der Waals surface area contributed by atoms with Gasteiger partial charge in [-0.05, 0) is 19.3 Å². The Balaban J connectivity index is 4.09. The van der Waals surface area contributed by atoms with Crippen molar-refractivity contribution >= 4 is 5.97 Å². The van der Waals surface area contributed by atoms with E-state index in [1.54, 1.807) is 6.92 Å². The molecule has 2 N–H and O–H groups in total. The smallest absolute Gasteiger partial charge is 0.320 e. The second-order valence-electron chi connectivity index (χ2n) is 5.07. The number of rotatable bonds is 10. The van der Waals surface area contributed by atoms with E-state index < -0.39 is 12.0 Å². The van der Waals surface area contributed by atoms with E-state index in [9.17, 15) is 4.79 Å². The van der Waals surface area contributed by atoms with Gasteiger partial charge in [-0.3, -0.25) is 4.79 Å². The molecule has 0 bridgehead atoms. The maximum absolute atomic E-state index is 10.9. The van der Waals surface area contributed by atoms with Gasteiger partial charge >= 0.3 is 5.97 Å². The first kappa shape index (κ1) is 16.4. The summed E-state index contributed by atoms with van der Waals surface area (Å²) in [5.74, 6) is -0.217. The predicted octanol–water partition coefficient (Wildman–Crippen LogP) is 3.43. The van der Waals surface area contributed by atoms with Crippen LogP contribution in [-0.2, 0) is 4.79 Å². The van der Waals surface area contributed by atoms with Gasteiger partial charge in [0.05, 0.1) is 0 Å². The molecular formula is C14H29NO2. The van der Waals surface area contributed by atoms with Crippen LogP contribution in [0.15, 0.2) is 0 Å². The van der Waals surface area contributed by atoms with Crippen LogP contribution in [0.4, 0.5) is 0 Å². The van der Waals surface area contributed by atoms with Gasteiger partial charge in [-0.2, -0.15) is 0 Å². The molecule has 0 spiro atoms. The monoisotopic (exact) mass is 243 g/mol. The molecule has 3 atom stereocenters. The first-order chi connectivity index (χ1) is 8.02. The summed E-state index contributed by atoms with van der Waals surface area (Å²) in [6, 6.07) is -0.108. The average Bonchev–Trinajstić information content (AvgIpc) is 2.31. The van der Waals surface area contributed by atoms with Gasteiger partial charge in [0.1, 0.15) is 6.04 Å². The molecule has 0 aliphatic rings. The lowest BCUT2D eigenvalue weighted by atomic mass is 9.93. The summed E-state index contributed by atoms with van der Waals surface area (Å²) in [4.78, 5) is 10.9. The first-order valence-corrected chi connectivity index (χ1v) is 7.01. The zero-order valence-electron chi connectivity index (χ0n) is 11.8. The van der Waals surface area contributed by atoms with Crippen LogP contribution in [0, 0.1) is 5.92 Å². The van der Waals surface area contributed by atoms with Crippen LogP contribution in [0.5, 0.6) is 0 Å². The lowest BCUT2D eigenvalue weighted by Gasteiger charge is -2.26. The van der Waals surface area contributed by atoms with E-state index in [1.165, 1.54) is 25.7 Å². The lowest BCUT2D eigenvalue weighted by molar-refractivity contribution is -0.139. The highest BCUT2D eigenvalue weighted by atomic mass is 16.4. The predicted molar refractivity (Wildman–Crippen MR) is 72.2 cm³/mol. The van der Waals surface area contributed by atoms with Crippen LogP contribution in [0.3, 0.4) is 0 Å². The van der Waals surface area contributed by atoms with Gasteiger partial charge in [-0.15, -0.1) is 0 Å². The number of hydrogen-bond acceptors (Lipinski definition) is 2. The molecule has 0 aromatic rings. The molecule has 3 heteroatoms. The third kappa shape index (κ3) is 7.37. The summed E-state index contributed by atoms with van der Waals surface area (Å²) in [6.07, 6.45) is 7.16. The highest BCUT2D eigenvalue weighted by molar-refractivity contribution is 5.72. The van der Waals surface area contributed by atoms with Gasteiger partial charge in [-0.25, -0.2) is 0 Å². The maximum Gasteiger partial charge on any atom is 0.320 e. The Hall–Kier alpha value is -0.570. The van der Waals surface area contributed by atoms with Crippen molar-refractivity contribution in [3.05, 3.63) is 0 Å². The van der Waals surface area contributed by atoms with Crippen molar-refractivity contribution in [3.8, 4) is 0 Å². The van der Waals surface area contributed by atoms with E-state index in [-0.39, 0.29) is 0 Å². The molecule has 0 aliphatic heterocycles. The van der Waals surface area contributed by atoms with Crippen LogP contribution >= 0.6 is 0 Å². The van der Waals surface area contributed by atoms with Gasteiger partial charge in [0.2, 0.25) is 0 Å². The Morgan fingerprint density at radius 2 is 1.82 bits per heavy atom. The SMILES string of the molecule is CCCCCCC(N[C@@H](C)C(=O)O)C(C)CC. The Morgan fingerprint density at radius 3 is 2.29 bits per heavy atom. The van der Waals surface area contributed by atoms with E-state index in [2.05, 4.69) is 26.1 Å². The molecule has 0 aromatic heterocycles. The van der Waals surface area contributed by atoms with Crippen molar-refractivity contribution in [2.75, 3.05) is 0 Å². The fourth-order valence-corrected chi connectivity index (χ4v) is 2.00. The zero-order chi connectivity index (χ0) is 13.3. The van der Waals surface area contributed by atoms with Crippen molar-refractivity contribution in [1.82, 2.24) is 5.32 Å². The minimum absolute atomic E-state index is 0.336. The van der Waals surface area contributed by atoms with Gasteiger partial charge in [0, 0.05) is 6.04 Å². The lowest BCUT2D eigenvalue weighted by Crippen LogP contribution is -2.44. The Kier molecular flexibility index (Phi) is 9.14. The van der Waals surface area contributed by atoms with E-state index in [1.807, 2.05) is 0 Å². The number of unbranched alkanes of at least 4 members (excludes halogenated alkanes) is 3. The minimum Gasteiger partial charge on any atom is -0.480 e. The minimum atomic E-state index is -0.758. The van der Waals surface area contributed by atoms with Crippen LogP contribution in [0.25, 0.3) is 0 Å². The zero-order valence-corrected chi connectivity index (χ0v) is 11.8. The summed E-state index contributed by atoms with van der Waals surface area (Å²) in [5, 5.41) is 12.2. The second-order valence-corrected chi connectivity index (χ2v) is 5.07. The summed E-state index contributed by atoms with van der Waals surface area (Å²) in [6.45, 7) is 8.30. The summed E-state index contributed by atoms with van der Waals surface area (Å²) < 4.78 is 0. The van der Waals surface area contributed by atoms with Gasteiger partial charge in [0.25, 0.3) is 0 Å². The topological polar surface area (TPSA) is 49.3 Å². The molecule has 17 heavy (non-hydrogen) atoms. The number of aliphatic carboxylic acids is 1. The van der Waals surface area contributed by atoms with Crippen LogP contribution in [0.1, 0.15) is 66.2 Å². The second kappa shape index (κ2) is 9.46. The molecule has 0 rings (SSSR count). The third-order valence-electron chi connectivity index (χ3n) is 3.53. The number of nitrogens with one attached hydrogen (secondary N) is 1. The molecule has 0 aromatic carbocycles. The van der Waals surface area contributed by atoms with Crippen molar-refractivity contribution in [2.45, 2.75) is 78.3 Å². The molecule has 102 valence electrons. The van der Waals surface area contributed by atoms with E-state index >= 15 is 0 Å². The Bertz CT molecular complexity index is 206. The number of carboxylic acids is 1. The summed E-state index contributed by atoms with van der Waals surface area (Å²) in [5.41, 5.74) is 0. The van der Waals surface area contributed by atoms with Crippen molar-refractivity contribution in [3.63, 3.8) is 0 Å². The molecule has 3 nitrogen and oxygen atoms in total. The molecule has 0 saturated carbocycles. The molecule has 0 aliphatic carbocycles. The van der Waals surface area contributed by atoms with Gasteiger partial charge in [0.15, 0.2) is 0 Å². The molecule has 0 amide bonds. The van der Waals surface area contributed by atoms with Crippen LogP contribution < -0.4 is 5.32 Å². The summed E-state index contributed by atoms with van der Waals surface area (Å²) in [7, 11) is 0. The number of hydrogen-bond donors (Lipinski definition) is 2. The molecule has 0 radical (unpaired) electrons. The highest BCUT2D eigenvalue weighted by Crippen LogP contribution is 2.16. The van der Waals surface area contributed by atoms with Crippen molar-refractivity contribution < 1.29 is 9.90 Å². The molecule has 0 fully saturated rings. The highest BCUT2D eigenvalue weighted by Gasteiger charge is 2.20. The van der Waals surface area contributed by atoms with Crippen LogP contribution in [-0.4, -0.2) is 23.2 Å². The number of carboxylic acid groups (broad SMARTS) is 1. The quantitative estimate of drug-likeness (QED) is 0.578. The van der Waals surface area contributed by atoms with Gasteiger partial charge < -0.3 is 10.4 Å². The van der Waals surface area contributed by atoms with Crippen molar-refractivity contribution in [2.24, 2.45) is 5.92 Å². The molecule has 2 unspecified atom stereocenters. The van der Waals surface area contributed by atoms with Gasteiger partial charge in [-0.1, -0.05) is 52.9 Å². The largest absolute Gasteiger partial charge is 0.480 e. The molecular weight excluding hydrogens is 214 g/mol. The third-order valence-corrected chi connectivity index (χ3v) is 3.53. The number of carbonyl (C=O) groups is 1. The first-order valence-electron chi connectivity index (χ1n) is 7.01. The standard InChI is InChI=1S/C14H29NO2/c1-5-7-8-9-10-13(11(3)6-2)15-12(4)14(16)17/h11-13,15H,5-10H2,1-4H3,(H,16,17)/t11?,12-,13?/m0/s1. The Labute approximate surface area is 106 Å². The molecule has 0 saturated heterocycles. The molecule has 0 heterocycles. The van der Waals surface area contributed by atoms with E-state index in [0.29, 0.717) is 12.0 Å². The Morgan fingerprint density at radius 1 is 1.18 bits per heavy atom.